The molecule has 10 aromatic rings. The molecule has 0 aliphatic rings. The van der Waals surface area contributed by atoms with E-state index in [1.807, 2.05) is 30.3 Å². The van der Waals surface area contributed by atoms with Crippen LogP contribution in [0.2, 0.25) is 0 Å². The van der Waals surface area contributed by atoms with Crippen molar-refractivity contribution in [1.82, 2.24) is 13.7 Å². The molecule has 0 spiro atoms. The van der Waals surface area contributed by atoms with Gasteiger partial charge in [-0.2, -0.15) is 10.5 Å². The molecule has 0 N–H and O–H groups in total. The summed E-state index contributed by atoms with van der Waals surface area (Å²) < 4.78 is 7.03. The van der Waals surface area contributed by atoms with Gasteiger partial charge < -0.3 is 13.7 Å². The summed E-state index contributed by atoms with van der Waals surface area (Å²) in [5.41, 5.74) is 10.9. The Hall–Kier alpha value is -7.08. The Kier molecular flexibility index (Phi) is 5.64. The van der Waals surface area contributed by atoms with Crippen molar-refractivity contribution in [3.8, 4) is 29.2 Å². The molecule has 0 bridgehead atoms. The zero-order valence-electron chi connectivity index (χ0n) is 26.2. The molecule has 0 aliphatic heterocycles. The lowest BCUT2D eigenvalue weighted by Crippen LogP contribution is -2.00. The minimum atomic E-state index is 0.640. The molecule has 5 nitrogen and oxygen atoms in total. The zero-order chi connectivity index (χ0) is 32.6. The minimum Gasteiger partial charge on any atom is -0.309 e. The van der Waals surface area contributed by atoms with Crippen molar-refractivity contribution in [1.29, 1.82) is 10.5 Å². The average molecular weight is 624 g/mol. The van der Waals surface area contributed by atoms with Crippen LogP contribution in [-0.2, 0) is 0 Å². The molecule has 0 amide bonds. The number of aromatic nitrogens is 3. The summed E-state index contributed by atoms with van der Waals surface area (Å²) in [5.74, 6) is 0. The number of nitrogens with zero attached hydrogens (tertiary/aromatic N) is 5. The predicted molar refractivity (Wildman–Crippen MR) is 199 cm³/mol. The van der Waals surface area contributed by atoms with Crippen molar-refractivity contribution in [2.24, 2.45) is 0 Å². The zero-order valence-corrected chi connectivity index (χ0v) is 26.2. The van der Waals surface area contributed by atoms with Gasteiger partial charge in [0.1, 0.15) is 0 Å². The quantitative estimate of drug-likeness (QED) is 0.197. The van der Waals surface area contributed by atoms with Crippen molar-refractivity contribution in [3.05, 3.63) is 163 Å². The number of rotatable bonds is 3. The minimum absolute atomic E-state index is 0.640. The Balaban J connectivity index is 1.34. The fourth-order valence-corrected chi connectivity index (χ4v) is 7.83. The molecule has 7 aromatic carbocycles. The molecule has 3 heterocycles. The third-order valence-electron chi connectivity index (χ3n) is 9.85. The van der Waals surface area contributed by atoms with Gasteiger partial charge in [-0.05, 0) is 78.9 Å². The normalized spacial score (nSPS) is 11.6. The van der Waals surface area contributed by atoms with E-state index in [1.54, 1.807) is 0 Å². The van der Waals surface area contributed by atoms with Crippen molar-refractivity contribution in [2.45, 2.75) is 0 Å². The molecule has 0 fully saturated rings. The van der Waals surface area contributed by atoms with E-state index < -0.39 is 0 Å². The topological polar surface area (TPSA) is 62.4 Å². The van der Waals surface area contributed by atoms with Crippen molar-refractivity contribution >= 4 is 65.4 Å². The Morgan fingerprint density at radius 3 is 1.43 bits per heavy atom. The van der Waals surface area contributed by atoms with Gasteiger partial charge in [0.05, 0.1) is 56.4 Å². The van der Waals surface area contributed by atoms with Gasteiger partial charge in [-0.25, -0.2) is 0 Å². The largest absolute Gasteiger partial charge is 0.309 e. The Morgan fingerprint density at radius 2 is 0.776 bits per heavy atom. The van der Waals surface area contributed by atoms with Gasteiger partial charge in [-0.15, -0.1) is 0 Å². The first-order valence-corrected chi connectivity index (χ1v) is 16.2. The molecular weight excluding hydrogens is 599 g/mol. The van der Waals surface area contributed by atoms with E-state index in [-0.39, 0.29) is 0 Å². The molecule has 5 heteroatoms. The van der Waals surface area contributed by atoms with Crippen LogP contribution < -0.4 is 0 Å². The Labute approximate surface area is 280 Å². The second kappa shape index (κ2) is 10.2. The number of nitriles is 2. The summed E-state index contributed by atoms with van der Waals surface area (Å²) >= 11 is 0. The van der Waals surface area contributed by atoms with Crippen LogP contribution in [0.3, 0.4) is 0 Å². The fraction of sp³-hybridized carbons (Fsp3) is 0. The summed E-state index contributed by atoms with van der Waals surface area (Å²) in [7, 11) is 0. The molecule has 0 unspecified atom stereocenters. The smallest absolute Gasteiger partial charge is 0.0991 e. The number of benzene rings is 7. The van der Waals surface area contributed by atoms with Gasteiger partial charge >= 0.3 is 0 Å². The van der Waals surface area contributed by atoms with Gasteiger partial charge in [0.2, 0.25) is 0 Å². The molecule has 10 rings (SSSR count). The van der Waals surface area contributed by atoms with Crippen LogP contribution in [0.25, 0.3) is 82.5 Å². The molecule has 0 atom stereocenters. The Bertz CT molecular complexity index is 3070. The predicted octanol–water partition coefficient (Wildman–Crippen LogP) is 10.7. The summed E-state index contributed by atoms with van der Waals surface area (Å²) in [6.07, 6.45) is 0. The Morgan fingerprint density at radius 1 is 0.327 bits per heavy atom. The molecule has 0 radical (unpaired) electrons. The van der Waals surface area contributed by atoms with E-state index >= 15 is 0 Å². The van der Waals surface area contributed by atoms with E-state index in [1.165, 1.54) is 5.39 Å². The van der Waals surface area contributed by atoms with E-state index in [4.69, 9.17) is 0 Å². The lowest BCUT2D eigenvalue weighted by atomic mass is 10.1. The van der Waals surface area contributed by atoms with E-state index in [9.17, 15) is 10.5 Å². The monoisotopic (exact) mass is 623 g/mol. The van der Waals surface area contributed by atoms with E-state index in [0.717, 1.165) is 77.1 Å². The van der Waals surface area contributed by atoms with Gasteiger partial charge in [0, 0.05) is 49.4 Å². The van der Waals surface area contributed by atoms with Gasteiger partial charge in [-0.3, -0.25) is 0 Å². The van der Waals surface area contributed by atoms with Crippen LogP contribution in [0.1, 0.15) is 11.1 Å². The fourth-order valence-electron chi connectivity index (χ4n) is 7.83. The van der Waals surface area contributed by atoms with Crippen molar-refractivity contribution in [3.63, 3.8) is 0 Å². The maximum atomic E-state index is 9.84. The van der Waals surface area contributed by atoms with E-state index in [0.29, 0.717) is 11.1 Å². The van der Waals surface area contributed by atoms with Crippen LogP contribution in [0.15, 0.2) is 152 Å². The van der Waals surface area contributed by atoms with Gasteiger partial charge in [0.25, 0.3) is 0 Å². The van der Waals surface area contributed by atoms with Crippen molar-refractivity contribution in [2.75, 3.05) is 0 Å². The summed E-state index contributed by atoms with van der Waals surface area (Å²) in [5, 5.41) is 26.2. The second-order valence-electron chi connectivity index (χ2n) is 12.4. The van der Waals surface area contributed by atoms with Gasteiger partial charge in [-0.1, -0.05) is 72.8 Å². The van der Waals surface area contributed by atoms with Gasteiger partial charge in [0.15, 0.2) is 0 Å². The van der Waals surface area contributed by atoms with Crippen LogP contribution >= 0.6 is 0 Å². The van der Waals surface area contributed by atoms with Crippen molar-refractivity contribution < 1.29 is 0 Å². The maximum Gasteiger partial charge on any atom is 0.0991 e. The molecule has 226 valence electrons. The number of hydrogen-bond donors (Lipinski definition) is 0. The number of fused-ring (bicyclic) bond motifs is 10. The molecule has 0 saturated carbocycles. The molecule has 49 heavy (non-hydrogen) atoms. The highest BCUT2D eigenvalue weighted by molar-refractivity contribution is 6.24. The highest BCUT2D eigenvalue weighted by atomic mass is 15.1. The van der Waals surface area contributed by atoms with Crippen LogP contribution in [0.5, 0.6) is 0 Å². The first-order valence-electron chi connectivity index (χ1n) is 16.2. The molecular formula is C44H25N5. The molecule has 0 aliphatic carbocycles. The maximum absolute atomic E-state index is 9.84. The van der Waals surface area contributed by atoms with Crippen LogP contribution in [-0.4, -0.2) is 13.7 Å². The lowest BCUT2D eigenvalue weighted by Gasteiger charge is -2.14. The third kappa shape index (κ3) is 3.79. The third-order valence-corrected chi connectivity index (χ3v) is 9.85. The molecule has 3 aromatic heterocycles. The first-order chi connectivity index (χ1) is 24.2. The lowest BCUT2D eigenvalue weighted by molar-refractivity contribution is 1.12. The highest BCUT2D eigenvalue weighted by Gasteiger charge is 2.22. The SMILES string of the molecule is N#Cc1ccc2c(c1)c1ccccc1n2-c1cccc(-n2c3ccccc3c3ccc4c5cc(C#N)ccc5n(-c5ccccc5)c4c32)c1. The number of hydrogen-bond acceptors (Lipinski definition) is 2. The second-order valence-corrected chi connectivity index (χ2v) is 12.4. The summed E-state index contributed by atoms with van der Waals surface area (Å²) in [6.45, 7) is 0. The van der Waals surface area contributed by atoms with Crippen LogP contribution in [0.4, 0.5) is 0 Å². The molecule has 0 saturated heterocycles. The van der Waals surface area contributed by atoms with E-state index in [2.05, 4.69) is 147 Å². The standard InChI is InChI=1S/C44H25N5/c45-26-28-17-21-41-37(23-28)34-14-5-6-15-39(34)47(41)31-11-8-12-32(25-31)49-40-16-7-4-13-33(40)35-19-20-36-38-24-29(27-46)18-22-42(38)48(44(36)43(35)49)30-9-2-1-3-10-30/h1-25H. The summed E-state index contributed by atoms with van der Waals surface area (Å²) in [4.78, 5) is 0. The first kappa shape index (κ1) is 27.1. The average Bonchev–Trinajstić information content (AvgIpc) is 3.80. The van der Waals surface area contributed by atoms with Crippen LogP contribution in [0, 0.1) is 22.7 Å². The number of para-hydroxylation sites is 3. The highest BCUT2D eigenvalue weighted by Crippen LogP contribution is 2.42. The summed E-state index contributed by atoms with van der Waals surface area (Å²) in [6, 6.07) is 57.2.